The maximum atomic E-state index is 11.9. The second-order valence-electron chi connectivity index (χ2n) is 3.85. The molecule has 0 aliphatic rings. The largest absolute Gasteiger partial charge is 0.508 e. The molecule has 1 heterocycles. The van der Waals surface area contributed by atoms with Crippen LogP contribution in [-0.2, 0) is 0 Å². The Morgan fingerprint density at radius 1 is 1.20 bits per heavy atom. The summed E-state index contributed by atoms with van der Waals surface area (Å²) >= 11 is 5.75. The van der Waals surface area contributed by atoms with E-state index in [9.17, 15) is 14.7 Å². The van der Waals surface area contributed by atoms with E-state index in [1.54, 1.807) is 0 Å². The van der Waals surface area contributed by atoms with Gasteiger partial charge in [-0.3, -0.25) is 9.78 Å². The number of rotatable bonds is 3. The molecule has 0 unspecified atom stereocenters. The summed E-state index contributed by atoms with van der Waals surface area (Å²) in [6, 6.07) is 6.48. The van der Waals surface area contributed by atoms with Crippen molar-refractivity contribution in [2.75, 3.05) is 5.32 Å². The minimum atomic E-state index is -1.27. The van der Waals surface area contributed by atoms with Gasteiger partial charge >= 0.3 is 5.97 Å². The quantitative estimate of drug-likeness (QED) is 0.754. The van der Waals surface area contributed by atoms with Gasteiger partial charge in [-0.2, -0.15) is 0 Å². The van der Waals surface area contributed by atoms with Crippen LogP contribution in [0.5, 0.6) is 5.75 Å². The highest BCUT2D eigenvalue weighted by Gasteiger charge is 2.15. The third kappa shape index (κ3) is 3.04. The number of carbonyl (C=O) groups excluding carboxylic acids is 1. The summed E-state index contributed by atoms with van der Waals surface area (Å²) in [5, 5.41) is 21.0. The molecule has 3 N–H and O–H groups in total. The van der Waals surface area contributed by atoms with Crippen molar-refractivity contribution in [2.45, 2.75) is 0 Å². The van der Waals surface area contributed by atoms with Gasteiger partial charge in [0.1, 0.15) is 11.4 Å². The van der Waals surface area contributed by atoms with E-state index in [4.69, 9.17) is 16.7 Å². The zero-order valence-corrected chi connectivity index (χ0v) is 10.8. The molecule has 102 valence electrons. The summed E-state index contributed by atoms with van der Waals surface area (Å²) in [6.07, 6.45) is 1.37. The number of nitrogens with one attached hydrogen (secondary N) is 1. The SMILES string of the molecule is O=C(Nc1ccc(O)cc1C(=O)O)c1cc(Cl)ccn1. The maximum absolute atomic E-state index is 11.9. The highest BCUT2D eigenvalue weighted by atomic mass is 35.5. The molecule has 1 amide bonds. The molecule has 0 radical (unpaired) electrons. The normalized spacial score (nSPS) is 10.1. The van der Waals surface area contributed by atoms with Gasteiger partial charge in [-0.1, -0.05) is 11.6 Å². The Hall–Kier alpha value is -2.60. The first-order chi connectivity index (χ1) is 9.47. The number of phenolic OH excluding ortho intramolecular Hbond substituents is 1. The average Bonchev–Trinajstić information content (AvgIpc) is 2.40. The number of carboxylic acids is 1. The fourth-order valence-electron chi connectivity index (χ4n) is 1.53. The van der Waals surface area contributed by atoms with Crippen molar-refractivity contribution in [1.82, 2.24) is 4.98 Å². The van der Waals surface area contributed by atoms with Crippen LogP contribution >= 0.6 is 11.6 Å². The molecule has 0 aliphatic carbocycles. The van der Waals surface area contributed by atoms with Crippen LogP contribution in [-0.4, -0.2) is 27.1 Å². The van der Waals surface area contributed by atoms with Crippen molar-refractivity contribution >= 4 is 29.2 Å². The molecule has 0 spiro atoms. The topological polar surface area (TPSA) is 99.5 Å². The lowest BCUT2D eigenvalue weighted by molar-refractivity contribution is 0.0697. The van der Waals surface area contributed by atoms with Crippen molar-refractivity contribution in [2.24, 2.45) is 0 Å². The Kier molecular flexibility index (Phi) is 3.86. The van der Waals surface area contributed by atoms with E-state index in [2.05, 4.69) is 10.3 Å². The summed E-state index contributed by atoms with van der Waals surface area (Å²) in [5.41, 5.74) is -0.107. The molecule has 0 saturated heterocycles. The number of benzene rings is 1. The van der Waals surface area contributed by atoms with Crippen LogP contribution in [0.15, 0.2) is 36.5 Å². The molecule has 0 fully saturated rings. The fraction of sp³-hybridized carbons (Fsp3) is 0. The van der Waals surface area contributed by atoms with Crippen LogP contribution in [0.3, 0.4) is 0 Å². The number of hydrogen-bond acceptors (Lipinski definition) is 4. The maximum Gasteiger partial charge on any atom is 0.337 e. The van der Waals surface area contributed by atoms with E-state index in [0.717, 1.165) is 6.07 Å². The van der Waals surface area contributed by atoms with Crippen LogP contribution in [0.4, 0.5) is 5.69 Å². The lowest BCUT2D eigenvalue weighted by Crippen LogP contribution is -2.16. The van der Waals surface area contributed by atoms with Crippen LogP contribution < -0.4 is 5.32 Å². The molecule has 0 atom stereocenters. The minimum Gasteiger partial charge on any atom is -0.508 e. The van der Waals surface area contributed by atoms with Gasteiger partial charge in [0.05, 0.1) is 11.3 Å². The first-order valence-electron chi connectivity index (χ1n) is 5.46. The number of pyridine rings is 1. The number of anilines is 1. The summed E-state index contributed by atoms with van der Waals surface area (Å²) in [6.45, 7) is 0. The number of carbonyl (C=O) groups is 2. The molecule has 0 bridgehead atoms. The van der Waals surface area contributed by atoms with E-state index >= 15 is 0 Å². The van der Waals surface area contributed by atoms with Crippen molar-refractivity contribution < 1.29 is 19.8 Å². The number of carboxylic acid groups (broad SMARTS) is 1. The molecule has 2 rings (SSSR count). The standard InChI is InChI=1S/C13H9ClN2O4/c14-7-3-4-15-11(5-7)12(18)16-10-2-1-8(17)6-9(10)13(19)20/h1-6,17H,(H,16,18)(H,19,20). The zero-order chi connectivity index (χ0) is 14.7. The Bertz CT molecular complexity index is 688. The molecule has 1 aromatic heterocycles. The van der Waals surface area contributed by atoms with Gasteiger partial charge in [0.2, 0.25) is 0 Å². The van der Waals surface area contributed by atoms with Crippen LogP contribution in [0.2, 0.25) is 5.02 Å². The molecule has 2 aromatic rings. The Balaban J connectivity index is 2.30. The first kappa shape index (κ1) is 13.8. The van der Waals surface area contributed by atoms with Crippen molar-refractivity contribution in [3.8, 4) is 5.75 Å². The van der Waals surface area contributed by atoms with Crippen LogP contribution in [0.25, 0.3) is 0 Å². The molecule has 7 heteroatoms. The van der Waals surface area contributed by atoms with Gasteiger partial charge in [-0.25, -0.2) is 4.79 Å². The van der Waals surface area contributed by atoms with Gasteiger partial charge in [-0.15, -0.1) is 0 Å². The highest BCUT2D eigenvalue weighted by Crippen LogP contribution is 2.22. The number of aromatic carboxylic acids is 1. The monoisotopic (exact) mass is 292 g/mol. The first-order valence-corrected chi connectivity index (χ1v) is 5.84. The summed E-state index contributed by atoms with van der Waals surface area (Å²) in [4.78, 5) is 26.8. The molecule has 1 aromatic carbocycles. The molecule has 0 saturated carbocycles. The van der Waals surface area contributed by atoms with E-state index in [1.807, 2.05) is 0 Å². The van der Waals surface area contributed by atoms with Gasteiger partial charge < -0.3 is 15.5 Å². The van der Waals surface area contributed by atoms with Crippen LogP contribution in [0, 0.1) is 0 Å². The molecule has 20 heavy (non-hydrogen) atoms. The number of nitrogens with zero attached hydrogens (tertiary/aromatic N) is 1. The average molecular weight is 293 g/mol. The fourth-order valence-corrected chi connectivity index (χ4v) is 1.69. The molecule has 6 nitrogen and oxygen atoms in total. The van der Waals surface area contributed by atoms with E-state index < -0.39 is 11.9 Å². The Morgan fingerprint density at radius 3 is 2.60 bits per heavy atom. The van der Waals surface area contributed by atoms with E-state index in [1.165, 1.54) is 30.5 Å². The van der Waals surface area contributed by atoms with Crippen LogP contribution in [0.1, 0.15) is 20.8 Å². The van der Waals surface area contributed by atoms with Crippen molar-refractivity contribution in [3.05, 3.63) is 52.8 Å². The predicted octanol–water partition coefficient (Wildman–Crippen LogP) is 2.39. The summed E-state index contributed by atoms with van der Waals surface area (Å²) in [5.74, 6) is -2.07. The highest BCUT2D eigenvalue weighted by molar-refractivity contribution is 6.31. The summed E-state index contributed by atoms with van der Waals surface area (Å²) < 4.78 is 0. The number of amides is 1. The zero-order valence-electron chi connectivity index (χ0n) is 10.0. The predicted molar refractivity (Wildman–Crippen MR) is 72.3 cm³/mol. The van der Waals surface area contributed by atoms with E-state index in [-0.39, 0.29) is 22.7 Å². The minimum absolute atomic E-state index is 0.0573. The second kappa shape index (κ2) is 5.58. The number of phenols is 1. The third-order valence-electron chi connectivity index (χ3n) is 2.44. The van der Waals surface area contributed by atoms with Crippen molar-refractivity contribution in [3.63, 3.8) is 0 Å². The smallest absolute Gasteiger partial charge is 0.337 e. The lowest BCUT2D eigenvalue weighted by atomic mass is 10.1. The van der Waals surface area contributed by atoms with Gasteiger partial charge in [0, 0.05) is 11.2 Å². The molecular formula is C13H9ClN2O4. The second-order valence-corrected chi connectivity index (χ2v) is 4.28. The van der Waals surface area contributed by atoms with Gasteiger partial charge in [0.15, 0.2) is 0 Å². The number of aromatic hydroxyl groups is 1. The summed E-state index contributed by atoms with van der Waals surface area (Å²) in [7, 11) is 0. The Labute approximate surface area is 118 Å². The molecule has 0 aliphatic heterocycles. The lowest BCUT2D eigenvalue weighted by Gasteiger charge is -2.08. The van der Waals surface area contributed by atoms with E-state index in [0.29, 0.717) is 5.02 Å². The van der Waals surface area contributed by atoms with Crippen molar-refractivity contribution in [1.29, 1.82) is 0 Å². The number of aromatic nitrogens is 1. The third-order valence-corrected chi connectivity index (χ3v) is 2.67. The molecular weight excluding hydrogens is 284 g/mol. The number of halogens is 1. The number of hydrogen-bond donors (Lipinski definition) is 3. The Morgan fingerprint density at radius 2 is 1.95 bits per heavy atom. The van der Waals surface area contributed by atoms with Gasteiger partial charge in [0.25, 0.3) is 5.91 Å². The van der Waals surface area contributed by atoms with Gasteiger partial charge in [-0.05, 0) is 30.3 Å².